The van der Waals surface area contributed by atoms with Gasteiger partial charge in [-0.05, 0) is 31.2 Å². The first-order valence-corrected chi connectivity index (χ1v) is 8.46. The number of halogens is 3. The maximum absolute atomic E-state index is 13.7. The van der Waals surface area contributed by atoms with E-state index in [0.717, 1.165) is 30.9 Å². The number of nitrogens with one attached hydrogen (secondary N) is 1. The standard InChI is InChI=1S/C19H20F3N3O/c1-13(19(26)23-16-8-7-15(20)17(21)18(16)22)24-9-11-25(12-10-24)14-5-3-2-4-6-14/h2-8,13H,9-12H2,1H3,(H,23,26). The second-order valence-electron chi connectivity index (χ2n) is 6.25. The first kappa shape index (κ1) is 18.3. The third kappa shape index (κ3) is 3.83. The van der Waals surface area contributed by atoms with E-state index in [-0.39, 0.29) is 5.69 Å². The number of piperazine rings is 1. The lowest BCUT2D eigenvalue weighted by Crippen LogP contribution is -2.52. The summed E-state index contributed by atoms with van der Waals surface area (Å²) in [5, 5.41) is 2.34. The van der Waals surface area contributed by atoms with Crippen LogP contribution in [-0.4, -0.2) is 43.0 Å². The van der Waals surface area contributed by atoms with E-state index in [1.54, 1.807) is 6.92 Å². The summed E-state index contributed by atoms with van der Waals surface area (Å²) in [5.41, 5.74) is 0.775. The lowest BCUT2D eigenvalue weighted by atomic mass is 10.2. The molecule has 26 heavy (non-hydrogen) atoms. The predicted molar refractivity (Wildman–Crippen MR) is 94.6 cm³/mol. The van der Waals surface area contributed by atoms with E-state index in [0.29, 0.717) is 13.1 Å². The van der Waals surface area contributed by atoms with Crippen molar-refractivity contribution in [2.75, 3.05) is 36.4 Å². The summed E-state index contributed by atoms with van der Waals surface area (Å²) in [5.74, 6) is -4.72. The molecular formula is C19H20F3N3O. The Bertz CT molecular complexity index is 777. The van der Waals surface area contributed by atoms with E-state index in [1.165, 1.54) is 0 Å². The van der Waals surface area contributed by atoms with E-state index in [9.17, 15) is 18.0 Å². The Hall–Kier alpha value is -2.54. The minimum absolute atomic E-state index is 0.358. The van der Waals surface area contributed by atoms with Gasteiger partial charge in [0, 0.05) is 31.9 Å². The van der Waals surface area contributed by atoms with Gasteiger partial charge in [0.25, 0.3) is 0 Å². The van der Waals surface area contributed by atoms with Crippen molar-refractivity contribution in [3.05, 3.63) is 59.9 Å². The maximum atomic E-state index is 13.7. The molecule has 1 fully saturated rings. The third-order valence-electron chi connectivity index (χ3n) is 4.66. The smallest absolute Gasteiger partial charge is 0.241 e. The van der Waals surface area contributed by atoms with Gasteiger partial charge in [-0.2, -0.15) is 0 Å². The van der Waals surface area contributed by atoms with Gasteiger partial charge in [-0.15, -0.1) is 0 Å². The Morgan fingerprint density at radius 2 is 1.62 bits per heavy atom. The number of amides is 1. The number of carbonyl (C=O) groups excluding carboxylic acids is 1. The van der Waals surface area contributed by atoms with Crippen molar-refractivity contribution in [2.45, 2.75) is 13.0 Å². The Kier molecular flexibility index (Phi) is 5.46. The molecule has 0 aromatic heterocycles. The fraction of sp³-hybridized carbons (Fsp3) is 0.316. The average molecular weight is 363 g/mol. The van der Waals surface area contributed by atoms with Gasteiger partial charge in [0.2, 0.25) is 5.91 Å². The van der Waals surface area contributed by atoms with Crippen LogP contribution < -0.4 is 10.2 Å². The second-order valence-corrected chi connectivity index (χ2v) is 6.25. The van der Waals surface area contributed by atoms with Gasteiger partial charge in [0.15, 0.2) is 17.5 Å². The summed E-state index contributed by atoms with van der Waals surface area (Å²) in [6.07, 6.45) is 0. The molecule has 3 rings (SSSR count). The Morgan fingerprint density at radius 3 is 2.27 bits per heavy atom. The Morgan fingerprint density at radius 1 is 0.962 bits per heavy atom. The zero-order chi connectivity index (χ0) is 18.7. The molecule has 7 heteroatoms. The van der Waals surface area contributed by atoms with Crippen LogP contribution in [0.1, 0.15) is 6.92 Å². The molecule has 0 saturated carbocycles. The zero-order valence-corrected chi connectivity index (χ0v) is 14.4. The van der Waals surface area contributed by atoms with Crippen molar-refractivity contribution in [1.29, 1.82) is 0 Å². The van der Waals surface area contributed by atoms with Gasteiger partial charge >= 0.3 is 0 Å². The van der Waals surface area contributed by atoms with Gasteiger partial charge in [-0.3, -0.25) is 9.69 Å². The molecule has 4 nitrogen and oxygen atoms in total. The second kappa shape index (κ2) is 7.78. The Balaban J connectivity index is 1.59. The molecule has 1 unspecified atom stereocenters. The molecule has 1 saturated heterocycles. The molecule has 1 amide bonds. The normalized spacial score (nSPS) is 16.4. The molecule has 0 aliphatic carbocycles. The summed E-state index contributed by atoms with van der Waals surface area (Å²) in [4.78, 5) is 16.6. The highest BCUT2D eigenvalue weighted by molar-refractivity contribution is 5.94. The summed E-state index contributed by atoms with van der Waals surface area (Å²) >= 11 is 0. The maximum Gasteiger partial charge on any atom is 0.241 e. The highest BCUT2D eigenvalue weighted by Gasteiger charge is 2.26. The molecule has 1 atom stereocenters. The molecule has 0 radical (unpaired) electrons. The van der Waals surface area contributed by atoms with Crippen LogP contribution in [0.2, 0.25) is 0 Å². The highest BCUT2D eigenvalue weighted by atomic mass is 19.2. The number of hydrogen-bond acceptors (Lipinski definition) is 3. The fourth-order valence-electron chi connectivity index (χ4n) is 3.03. The minimum atomic E-state index is -1.59. The van der Waals surface area contributed by atoms with Gasteiger partial charge < -0.3 is 10.2 Å². The number of carbonyl (C=O) groups is 1. The lowest BCUT2D eigenvalue weighted by molar-refractivity contribution is -0.120. The summed E-state index contributed by atoms with van der Waals surface area (Å²) in [7, 11) is 0. The van der Waals surface area contributed by atoms with Crippen LogP contribution in [0, 0.1) is 17.5 Å². The number of benzene rings is 2. The first-order valence-electron chi connectivity index (χ1n) is 8.46. The topological polar surface area (TPSA) is 35.6 Å². The van der Waals surface area contributed by atoms with Crippen LogP contribution in [0.25, 0.3) is 0 Å². The van der Waals surface area contributed by atoms with Gasteiger partial charge in [-0.25, -0.2) is 13.2 Å². The molecule has 1 aliphatic heterocycles. The number of rotatable bonds is 4. The molecule has 0 spiro atoms. The molecule has 1 N–H and O–H groups in total. The average Bonchev–Trinajstić information content (AvgIpc) is 2.68. The zero-order valence-electron chi connectivity index (χ0n) is 14.4. The van der Waals surface area contributed by atoms with Crippen LogP contribution in [0.3, 0.4) is 0 Å². The number of nitrogens with zero attached hydrogens (tertiary/aromatic N) is 2. The van der Waals surface area contributed by atoms with Gasteiger partial charge in [-0.1, -0.05) is 18.2 Å². The predicted octanol–water partition coefficient (Wildman–Crippen LogP) is 3.25. The molecular weight excluding hydrogens is 343 g/mol. The van der Waals surface area contributed by atoms with Crippen molar-refractivity contribution in [3.8, 4) is 0 Å². The van der Waals surface area contributed by atoms with Gasteiger partial charge in [0.05, 0.1) is 11.7 Å². The number of hydrogen-bond donors (Lipinski definition) is 1. The SMILES string of the molecule is CC(C(=O)Nc1ccc(F)c(F)c1F)N1CCN(c2ccccc2)CC1. The van der Waals surface area contributed by atoms with E-state index in [1.807, 2.05) is 35.2 Å². The first-order chi connectivity index (χ1) is 12.5. The van der Waals surface area contributed by atoms with Crippen LogP contribution in [0.15, 0.2) is 42.5 Å². The summed E-state index contributed by atoms with van der Waals surface area (Å²) in [6.45, 7) is 4.58. The van der Waals surface area contributed by atoms with Crippen LogP contribution in [0.5, 0.6) is 0 Å². The largest absolute Gasteiger partial charge is 0.369 e. The molecule has 1 aliphatic rings. The highest BCUT2D eigenvalue weighted by Crippen LogP contribution is 2.21. The van der Waals surface area contributed by atoms with Crippen LogP contribution >= 0.6 is 0 Å². The van der Waals surface area contributed by atoms with Crippen LogP contribution in [-0.2, 0) is 4.79 Å². The minimum Gasteiger partial charge on any atom is -0.369 e. The van der Waals surface area contributed by atoms with Crippen molar-refractivity contribution in [2.24, 2.45) is 0 Å². The van der Waals surface area contributed by atoms with Crippen molar-refractivity contribution in [1.82, 2.24) is 4.90 Å². The molecule has 0 bridgehead atoms. The van der Waals surface area contributed by atoms with E-state index in [4.69, 9.17) is 0 Å². The number of para-hydroxylation sites is 1. The molecule has 2 aromatic carbocycles. The number of anilines is 2. The monoisotopic (exact) mass is 363 g/mol. The fourth-order valence-corrected chi connectivity index (χ4v) is 3.03. The van der Waals surface area contributed by atoms with E-state index < -0.39 is 29.4 Å². The quantitative estimate of drug-likeness (QED) is 0.847. The summed E-state index contributed by atoms with van der Waals surface area (Å²) in [6, 6.07) is 11.3. The molecule has 1 heterocycles. The molecule has 138 valence electrons. The van der Waals surface area contributed by atoms with Crippen LogP contribution in [0.4, 0.5) is 24.5 Å². The lowest BCUT2D eigenvalue weighted by Gasteiger charge is -2.38. The van der Waals surface area contributed by atoms with Crippen molar-refractivity contribution >= 4 is 17.3 Å². The molecule has 2 aromatic rings. The van der Waals surface area contributed by atoms with E-state index in [2.05, 4.69) is 10.2 Å². The van der Waals surface area contributed by atoms with Crippen molar-refractivity contribution < 1.29 is 18.0 Å². The van der Waals surface area contributed by atoms with Crippen molar-refractivity contribution in [3.63, 3.8) is 0 Å². The summed E-state index contributed by atoms with van der Waals surface area (Å²) < 4.78 is 40.0. The van der Waals surface area contributed by atoms with Gasteiger partial charge in [0.1, 0.15) is 0 Å². The van der Waals surface area contributed by atoms with E-state index >= 15 is 0 Å². The Labute approximate surface area is 150 Å². The third-order valence-corrected chi connectivity index (χ3v) is 4.66.